The Morgan fingerprint density at radius 3 is 1.67 bits per heavy atom. The van der Waals surface area contributed by atoms with Crippen molar-refractivity contribution in [1.82, 2.24) is 19.9 Å². The van der Waals surface area contributed by atoms with Gasteiger partial charge in [0.2, 0.25) is 0 Å². The maximum absolute atomic E-state index is 5.27. The van der Waals surface area contributed by atoms with Crippen LogP contribution < -0.4 is 0 Å². The van der Waals surface area contributed by atoms with E-state index in [4.69, 9.17) is 19.9 Å². The third-order valence-electron chi connectivity index (χ3n) is 10.1. The van der Waals surface area contributed by atoms with Crippen molar-refractivity contribution in [2.75, 3.05) is 0 Å². The van der Waals surface area contributed by atoms with Crippen molar-refractivity contribution in [2.24, 2.45) is 0 Å². The first-order chi connectivity index (χ1) is 26.7. The van der Waals surface area contributed by atoms with Crippen LogP contribution in [0.3, 0.4) is 0 Å². The molecule has 54 heavy (non-hydrogen) atoms. The molecule has 0 amide bonds. The van der Waals surface area contributed by atoms with E-state index in [1.165, 1.54) is 16.3 Å². The Hall–Kier alpha value is -7.30. The summed E-state index contributed by atoms with van der Waals surface area (Å²) in [5, 5.41) is 4.51. The summed E-state index contributed by atoms with van der Waals surface area (Å²) in [7, 11) is 0. The molecule has 0 aliphatic rings. The van der Waals surface area contributed by atoms with Crippen molar-refractivity contribution in [2.45, 2.75) is 0 Å². The standard InChI is InChI=1S/C50H32N4/c1-3-11-33(12-4-1)34-20-22-36(23-21-34)46-32-47(54-50(53-46)39-14-5-2-6-15-39)42-30-40(44-19-9-16-35-13-7-8-18-43(35)44)29-41(31-42)45-27-26-38-25-24-37-17-10-28-51-48(37)49(38)52-45/h1-32H. The molecule has 0 aliphatic carbocycles. The second-order valence-electron chi connectivity index (χ2n) is 13.5. The van der Waals surface area contributed by atoms with E-state index >= 15 is 0 Å². The number of nitrogens with zero attached hydrogens (tertiary/aromatic N) is 4. The van der Waals surface area contributed by atoms with E-state index in [0.717, 1.165) is 77.8 Å². The van der Waals surface area contributed by atoms with Crippen LogP contribution in [0.5, 0.6) is 0 Å². The Balaban J connectivity index is 1.19. The van der Waals surface area contributed by atoms with Gasteiger partial charge in [-0.15, -0.1) is 0 Å². The van der Waals surface area contributed by atoms with Gasteiger partial charge in [-0.3, -0.25) is 4.98 Å². The van der Waals surface area contributed by atoms with Crippen LogP contribution in [0.15, 0.2) is 194 Å². The van der Waals surface area contributed by atoms with Crippen LogP contribution in [0.4, 0.5) is 0 Å². The van der Waals surface area contributed by atoms with Gasteiger partial charge in [0.05, 0.1) is 28.1 Å². The van der Waals surface area contributed by atoms with E-state index in [1.54, 1.807) is 0 Å². The summed E-state index contributed by atoms with van der Waals surface area (Å²) in [6, 6.07) is 65.7. The van der Waals surface area contributed by atoms with E-state index < -0.39 is 0 Å². The first-order valence-electron chi connectivity index (χ1n) is 18.1. The van der Waals surface area contributed by atoms with Gasteiger partial charge in [0.15, 0.2) is 5.82 Å². The molecule has 0 unspecified atom stereocenters. The number of rotatable bonds is 6. The molecular formula is C50H32N4. The predicted octanol–water partition coefficient (Wildman–Crippen LogP) is 12.7. The molecule has 0 spiro atoms. The monoisotopic (exact) mass is 688 g/mol. The molecule has 0 N–H and O–H groups in total. The fourth-order valence-corrected chi connectivity index (χ4v) is 7.36. The largest absolute Gasteiger partial charge is 0.254 e. The van der Waals surface area contributed by atoms with E-state index in [-0.39, 0.29) is 0 Å². The summed E-state index contributed by atoms with van der Waals surface area (Å²) < 4.78 is 0. The molecule has 3 aromatic heterocycles. The molecular weight excluding hydrogens is 657 g/mol. The fourth-order valence-electron chi connectivity index (χ4n) is 7.36. The van der Waals surface area contributed by atoms with Gasteiger partial charge in [-0.05, 0) is 69.4 Å². The molecule has 0 atom stereocenters. The molecule has 4 heteroatoms. The van der Waals surface area contributed by atoms with Crippen LogP contribution in [-0.2, 0) is 0 Å². The fraction of sp³-hybridized carbons (Fsp3) is 0. The van der Waals surface area contributed by atoms with Crippen LogP contribution in [0.25, 0.3) is 100.0 Å². The molecule has 0 saturated carbocycles. The van der Waals surface area contributed by atoms with Crippen LogP contribution in [-0.4, -0.2) is 19.9 Å². The quantitative estimate of drug-likeness (QED) is 0.163. The average Bonchev–Trinajstić information content (AvgIpc) is 3.26. The molecule has 252 valence electrons. The lowest BCUT2D eigenvalue weighted by molar-refractivity contribution is 1.18. The highest BCUT2D eigenvalue weighted by Gasteiger charge is 2.16. The van der Waals surface area contributed by atoms with Gasteiger partial charge in [-0.1, -0.05) is 152 Å². The van der Waals surface area contributed by atoms with Gasteiger partial charge in [-0.2, -0.15) is 0 Å². The van der Waals surface area contributed by atoms with Crippen LogP contribution in [0.2, 0.25) is 0 Å². The van der Waals surface area contributed by atoms with Gasteiger partial charge in [0, 0.05) is 39.2 Å². The lowest BCUT2D eigenvalue weighted by atomic mass is 9.93. The summed E-state index contributed by atoms with van der Waals surface area (Å²) >= 11 is 0. The van der Waals surface area contributed by atoms with Crippen molar-refractivity contribution in [3.8, 4) is 67.4 Å². The number of benzene rings is 7. The molecule has 4 nitrogen and oxygen atoms in total. The van der Waals surface area contributed by atoms with Gasteiger partial charge < -0.3 is 0 Å². The van der Waals surface area contributed by atoms with Gasteiger partial charge in [0.25, 0.3) is 0 Å². The second kappa shape index (κ2) is 13.4. The van der Waals surface area contributed by atoms with Gasteiger partial charge in [-0.25, -0.2) is 15.0 Å². The van der Waals surface area contributed by atoms with Crippen molar-refractivity contribution in [1.29, 1.82) is 0 Å². The summed E-state index contributed by atoms with van der Waals surface area (Å²) in [6.07, 6.45) is 1.83. The Morgan fingerprint density at radius 1 is 0.296 bits per heavy atom. The van der Waals surface area contributed by atoms with Crippen LogP contribution >= 0.6 is 0 Å². The van der Waals surface area contributed by atoms with E-state index in [9.17, 15) is 0 Å². The lowest BCUT2D eigenvalue weighted by Crippen LogP contribution is -1.97. The number of aromatic nitrogens is 4. The first kappa shape index (κ1) is 31.4. The molecule has 0 bridgehead atoms. The third-order valence-corrected chi connectivity index (χ3v) is 10.1. The smallest absolute Gasteiger partial charge is 0.160 e. The zero-order valence-electron chi connectivity index (χ0n) is 29.3. The number of fused-ring (bicyclic) bond motifs is 4. The molecule has 0 saturated heterocycles. The highest BCUT2D eigenvalue weighted by Crippen LogP contribution is 2.37. The highest BCUT2D eigenvalue weighted by atomic mass is 14.9. The van der Waals surface area contributed by atoms with E-state index in [0.29, 0.717) is 5.82 Å². The summed E-state index contributed by atoms with van der Waals surface area (Å²) in [5.41, 5.74) is 12.9. The number of hydrogen-bond donors (Lipinski definition) is 0. The Kier molecular flexibility index (Phi) is 7.77. The summed E-state index contributed by atoms with van der Waals surface area (Å²) in [6.45, 7) is 0. The first-order valence-corrected chi connectivity index (χ1v) is 18.1. The number of pyridine rings is 2. The normalized spacial score (nSPS) is 11.3. The van der Waals surface area contributed by atoms with Gasteiger partial charge >= 0.3 is 0 Å². The van der Waals surface area contributed by atoms with E-state index in [2.05, 4.69) is 158 Å². The molecule has 3 heterocycles. The molecule has 10 rings (SSSR count). The molecule has 7 aromatic carbocycles. The van der Waals surface area contributed by atoms with Crippen molar-refractivity contribution < 1.29 is 0 Å². The minimum Gasteiger partial charge on any atom is -0.254 e. The van der Waals surface area contributed by atoms with Gasteiger partial charge in [0.1, 0.15) is 0 Å². The summed E-state index contributed by atoms with van der Waals surface area (Å²) in [4.78, 5) is 20.4. The topological polar surface area (TPSA) is 51.6 Å². The van der Waals surface area contributed by atoms with Crippen LogP contribution in [0.1, 0.15) is 0 Å². The number of hydrogen-bond acceptors (Lipinski definition) is 4. The Labute approximate surface area is 313 Å². The molecule has 10 aromatic rings. The van der Waals surface area contributed by atoms with E-state index in [1.807, 2.05) is 36.5 Å². The molecule has 0 radical (unpaired) electrons. The second-order valence-corrected chi connectivity index (χ2v) is 13.5. The van der Waals surface area contributed by atoms with Crippen molar-refractivity contribution in [3.63, 3.8) is 0 Å². The average molecular weight is 689 g/mol. The SMILES string of the molecule is c1ccc(-c2ccc(-c3cc(-c4cc(-c5ccc6ccc7cccnc7c6n5)cc(-c5cccc6ccccc56)c4)nc(-c4ccccc4)n3)cc2)cc1. The van der Waals surface area contributed by atoms with Crippen molar-refractivity contribution >= 4 is 32.6 Å². The Bertz CT molecular complexity index is 2970. The van der Waals surface area contributed by atoms with Crippen molar-refractivity contribution in [3.05, 3.63) is 194 Å². The minimum absolute atomic E-state index is 0.675. The maximum Gasteiger partial charge on any atom is 0.160 e. The minimum atomic E-state index is 0.675. The molecule has 0 fully saturated rings. The van der Waals surface area contributed by atoms with Crippen LogP contribution in [0, 0.1) is 0 Å². The maximum atomic E-state index is 5.27. The third kappa shape index (κ3) is 5.86. The predicted molar refractivity (Wildman–Crippen MR) is 223 cm³/mol. The lowest BCUT2D eigenvalue weighted by Gasteiger charge is -2.14. The zero-order valence-corrected chi connectivity index (χ0v) is 29.3. The molecule has 0 aliphatic heterocycles. The summed E-state index contributed by atoms with van der Waals surface area (Å²) in [5.74, 6) is 0.675. The highest BCUT2D eigenvalue weighted by molar-refractivity contribution is 6.04. The Morgan fingerprint density at radius 2 is 0.870 bits per heavy atom. The zero-order chi connectivity index (χ0) is 35.8.